The molecule has 1 aromatic carbocycles. The topological polar surface area (TPSA) is 129 Å². The Morgan fingerprint density at radius 1 is 1.24 bits per heavy atom. The Labute approximate surface area is 214 Å². The van der Waals surface area contributed by atoms with Crippen LogP contribution < -0.4 is 11.1 Å². The number of thioether (sulfide) groups is 1. The van der Waals surface area contributed by atoms with E-state index in [1.807, 2.05) is 0 Å². The van der Waals surface area contributed by atoms with Gasteiger partial charge in [-0.15, -0.1) is 21.5 Å². The molecule has 3 aromatic rings. The van der Waals surface area contributed by atoms with Crippen molar-refractivity contribution in [1.29, 1.82) is 0 Å². The summed E-state index contributed by atoms with van der Waals surface area (Å²) in [4.78, 5) is 37.2. The van der Waals surface area contributed by atoms with Gasteiger partial charge in [0.2, 0.25) is 5.91 Å². The third-order valence-electron chi connectivity index (χ3n) is 4.52. The SMILES string of the molecule is Cc1c(C(N)=O)sc(NC(=O)CSc2nnc(-c3ccc(Cl)c(Cl)c3)n2C)c1C(=O)OC(C)C. The van der Waals surface area contributed by atoms with Crippen molar-refractivity contribution in [3.63, 3.8) is 0 Å². The van der Waals surface area contributed by atoms with E-state index in [0.29, 0.717) is 26.6 Å². The molecule has 13 heteroatoms. The molecule has 0 saturated heterocycles. The van der Waals surface area contributed by atoms with Crippen molar-refractivity contribution in [2.24, 2.45) is 12.8 Å². The van der Waals surface area contributed by atoms with Gasteiger partial charge < -0.3 is 20.4 Å². The van der Waals surface area contributed by atoms with E-state index in [2.05, 4.69) is 15.5 Å². The summed E-state index contributed by atoms with van der Waals surface area (Å²) >= 11 is 14.1. The zero-order valence-electron chi connectivity index (χ0n) is 18.6. The molecule has 0 aliphatic heterocycles. The molecule has 0 spiro atoms. The number of anilines is 1. The van der Waals surface area contributed by atoms with Crippen LogP contribution in [0.3, 0.4) is 0 Å². The van der Waals surface area contributed by atoms with Gasteiger partial charge in [-0.2, -0.15) is 0 Å². The first-order valence-electron chi connectivity index (χ1n) is 9.91. The van der Waals surface area contributed by atoms with Crippen LogP contribution in [0.1, 0.15) is 39.4 Å². The van der Waals surface area contributed by atoms with E-state index >= 15 is 0 Å². The highest BCUT2D eigenvalue weighted by Crippen LogP contribution is 2.34. The average Bonchev–Trinajstić information content (AvgIpc) is 3.27. The maximum Gasteiger partial charge on any atom is 0.341 e. The third-order valence-corrected chi connectivity index (χ3v) is 7.50. The summed E-state index contributed by atoms with van der Waals surface area (Å²) in [7, 11) is 1.76. The monoisotopic (exact) mass is 541 g/mol. The van der Waals surface area contributed by atoms with Crippen LogP contribution >= 0.6 is 46.3 Å². The first kappa shape index (κ1) is 26.0. The van der Waals surface area contributed by atoms with Crippen LogP contribution in [0.2, 0.25) is 10.0 Å². The number of nitrogens with zero attached hydrogens (tertiary/aromatic N) is 3. The predicted molar refractivity (Wildman–Crippen MR) is 134 cm³/mol. The lowest BCUT2D eigenvalue weighted by molar-refractivity contribution is -0.113. The fourth-order valence-electron chi connectivity index (χ4n) is 2.98. The second-order valence-corrected chi connectivity index (χ2v) is 10.2. The zero-order valence-corrected chi connectivity index (χ0v) is 21.8. The molecule has 2 aromatic heterocycles. The lowest BCUT2D eigenvalue weighted by Gasteiger charge is -2.10. The molecular weight excluding hydrogens is 521 g/mol. The van der Waals surface area contributed by atoms with Crippen LogP contribution in [0.5, 0.6) is 0 Å². The largest absolute Gasteiger partial charge is 0.459 e. The summed E-state index contributed by atoms with van der Waals surface area (Å²) in [5, 5.41) is 12.5. The highest BCUT2D eigenvalue weighted by atomic mass is 35.5. The Kier molecular flexibility index (Phi) is 8.24. The smallest absolute Gasteiger partial charge is 0.341 e. The Balaban J connectivity index is 1.75. The molecule has 9 nitrogen and oxygen atoms in total. The molecule has 0 atom stereocenters. The van der Waals surface area contributed by atoms with Crippen molar-refractivity contribution >= 4 is 69.1 Å². The molecule has 3 rings (SSSR count). The number of nitrogens with one attached hydrogen (secondary N) is 1. The summed E-state index contributed by atoms with van der Waals surface area (Å²) in [5.74, 6) is -1.20. The van der Waals surface area contributed by atoms with Crippen molar-refractivity contribution in [2.45, 2.75) is 32.0 Å². The van der Waals surface area contributed by atoms with E-state index < -0.39 is 17.8 Å². The molecular formula is C21H21Cl2N5O4S2. The molecule has 34 heavy (non-hydrogen) atoms. The molecule has 0 aliphatic rings. The Morgan fingerprint density at radius 2 is 1.94 bits per heavy atom. The molecule has 0 unspecified atom stereocenters. The Hall–Kier alpha value is -2.60. The Bertz CT molecular complexity index is 1270. The minimum atomic E-state index is -0.690. The minimum absolute atomic E-state index is 0.0190. The second kappa shape index (κ2) is 10.8. The number of rotatable bonds is 8. The fraction of sp³-hybridized carbons (Fsp3) is 0.286. The number of thiophene rings is 1. The second-order valence-electron chi connectivity index (χ2n) is 7.41. The molecule has 0 fully saturated rings. The molecule has 0 bridgehead atoms. The van der Waals surface area contributed by atoms with Crippen LogP contribution in [-0.4, -0.2) is 44.4 Å². The molecule has 2 heterocycles. The number of benzene rings is 1. The van der Waals surface area contributed by atoms with Crippen LogP contribution in [0.25, 0.3) is 11.4 Å². The standard InChI is InChI=1S/C21H21Cl2N5O4S2/c1-9(2)32-20(31)15-10(3)16(17(24)30)34-19(15)25-14(29)8-33-21-27-26-18(28(21)4)11-5-6-12(22)13(23)7-11/h5-7,9H,8H2,1-4H3,(H2,24,30)(H,25,29). The molecule has 3 N–H and O–H groups in total. The number of carbonyl (C=O) groups excluding carboxylic acids is 3. The summed E-state index contributed by atoms with van der Waals surface area (Å²) in [6.07, 6.45) is -0.372. The summed E-state index contributed by atoms with van der Waals surface area (Å²) in [6, 6.07) is 5.12. The molecule has 0 aliphatic carbocycles. The van der Waals surface area contributed by atoms with Crippen LogP contribution in [0.4, 0.5) is 5.00 Å². The number of hydrogen-bond acceptors (Lipinski definition) is 8. The quantitative estimate of drug-likeness (QED) is 0.316. The number of halogens is 2. The molecule has 0 radical (unpaired) electrons. The van der Waals surface area contributed by atoms with Gasteiger partial charge in [-0.3, -0.25) is 9.59 Å². The van der Waals surface area contributed by atoms with Crippen molar-refractivity contribution < 1.29 is 19.1 Å². The highest BCUT2D eigenvalue weighted by Gasteiger charge is 2.26. The van der Waals surface area contributed by atoms with E-state index in [0.717, 1.165) is 28.7 Å². The van der Waals surface area contributed by atoms with Gasteiger partial charge in [0.25, 0.3) is 5.91 Å². The van der Waals surface area contributed by atoms with Gasteiger partial charge in [-0.05, 0) is 44.5 Å². The number of carbonyl (C=O) groups is 3. The van der Waals surface area contributed by atoms with E-state index in [1.54, 1.807) is 50.6 Å². The summed E-state index contributed by atoms with van der Waals surface area (Å²) in [5.41, 5.74) is 6.62. The van der Waals surface area contributed by atoms with Gasteiger partial charge in [0.15, 0.2) is 11.0 Å². The first-order valence-corrected chi connectivity index (χ1v) is 12.5. The van der Waals surface area contributed by atoms with Crippen molar-refractivity contribution in [2.75, 3.05) is 11.1 Å². The molecule has 180 valence electrons. The van der Waals surface area contributed by atoms with Crippen molar-refractivity contribution in [1.82, 2.24) is 14.8 Å². The van der Waals surface area contributed by atoms with Gasteiger partial charge in [-0.1, -0.05) is 35.0 Å². The third kappa shape index (κ3) is 5.72. The van der Waals surface area contributed by atoms with Crippen molar-refractivity contribution in [3.05, 3.63) is 44.2 Å². The van der Waals surface area contributed by atoms with Crippen molar-refractivity contribution in [3.8, 4) is 11.4 Å². The van der Waals surface area contributed by atoms with E-state index in [4.69, 9.17) is 33.7 Å². The number of esters is 1. The molecule has 2 amide bonds. The summed E-state index contributed by atoms with van der Waals surface area (Å²) in [6.45, 7) is 5.00. The first-order chi connectivity index (χ1) is 16.0. The number of aromatic nitrogens is 3. The van der Waals surface area contributed by atoms with Crippen LogP contribution in [0.15, 0.2) is 23.4 Å². The fourth-order valence-corrected chi connectivity index (χ4v) is 5.05. The minimum Gasteiger partial charge on any atom is -0.459 e. The number of primary amides is 1. The van der Waals surface area contributed by atoms with Crippen LogP contribution in [-0.2, 0) is 16.6 Å². The average molecular weight is 542 g/mol. The van der Waals surface area contributed by atoms with Gasteiger partial charge >= 0.3 is 5.97 Å². The highest BCUT2D eigenvalue weighted by molar-refractivity contribution is 7.99. The summed E-state index contributed by atoms with van der Waals surface area (Å²) < 4.78 is 6.98. The molecule has 0 saturated carbocycles. The predicted octanol–water partition coefficient (Wildman–Crippen LogP) is 4.55. The number of ether oxygens (including phenoxy) is 1. The van der Waals surface area contributed by atoms with E-state index in [9.17, 15) is 14.4 Å². The van der Waals surface area contributed by atoms with E-state index in [-0.39, 0.29) is 27.3 Å². The maximum absolute atomic E-state index is 12.7. The zero-order chi connectivity index (χ0) is 25.2. The normalized spacial score (nSPS) is 11.0. The maximum atomic E-state index is 12.7. The van der Waals surface area contributed by atoms with E-state index in [1.165, 1.54) is 0 Å². The van der Waals surface area contributed by atoms with Crippen LogP contribution in [0, 0.1) is 6.92 Å². The number of hydrogen-bond donors (Lipinski definition) is 2. The lowest BCUT2D eigenvalue weighted by atomic mass is 10.1. The van der Waals surface area contributed by atoms with Gasteiger partial charge in [-0.25, -0.2) is 4.79 Å². The number of nitrogens with two attached hydrogens (primary N) is 1. The Morgan fingerprint density at radius 3 is 2.56 bits per heavy atom. The van der Waals surface area contributed by atoms with Gasteiger partial charge in [0, 0.05) is 12.6 Å². The lowest BCUT2D eigenvalue weighted by Crippen LogP contribution is -2.18. The number of amides is 2. The van der Waals surface area contributed by atoms with Gasteiger partial charge in [0.1, 0.15) is 5.00 Å². The van der Waals surface area contributed by atoms with Gasteiger partial charge in [0.05, 0.1) is 32.3 Å².